The van der Waals surface area contributed by atoms with Crippen molar-refractivity contribution in [3.63, 3.8) is 0 Å². The van der Waals surface area contributed by atoms with E-state index in [-0.39, 0.29) is 19.0 Å². The van der Waals surface area contributed by atoms with Gasteiger partial charge in [-0.05, 0) is 25.2 Å². The molecule has 1 aliphatic rings. The Labute approximate surface area is 211 Å². The SMILES string of the molecule is Cc1cc(Cn2cc(-c3ccccc3)nc2[C@H](N(C[C@@H](F)CN)C(=O)[C@@H]2CCCO2)C(C)(C)C)no1. The van der Waals surface area contributed by atoms with Crippen molar-refractivity contribution in [2.24, 2.45) is 11.1 Å². The first kappa shape index (κ1) is 26.0. The summed E-state index contributed by atoms with van der Waals surface area (Å²) in [5, 5.41) is 4.16. The van der Waals surface area contributed by atoms with Gasteiger partial charge in [-0.15, -0.1) is 0 Å². The average Bonchev–Trinajstić information content (AvgIpc) is 3.60. The molecule has 1 aliphatic heterocycles. The highest BCUT2D eigenvalue weighted by atomic mass is 19.1. The van der Waals surface area contributed by atoms with Crippen LogP contribution in [-0.2, 0) is 16.1 Å². The number of hydrogen-bond donors (Lipinski definition) is 1. The number of halogens is 1. The van der Waals surface area contributed by atoms with Crippen molar-refractivity contribution in [1.82, 2.24) is 19.6 Å². The van der Waals surface area contributed by atoms with Gasteiger partial charge in [-0.1, -0.05) is 56.3 Å². The Balaban J connectivity index is 1.83. The van der Waals surface area contributed by atoms with Crippen molar-refractivity contribution in [2.45, 2.75) is 65.4 Å². The fourth-order valence-electron chi connectivity index (χ4n) is 4.75. The monoisotopic (exact) mass is 497 g/mol. The van der Waals surface area contributed by atoms with Gasteiger partial charge < -0.3 is 24.5 Å². The number of nitrogens with two attached hydrogens (primary N) is 1. The van der Waals surface area contributed by atoms with E-state index in [0.29, 0.717) is 31.2 Å². The molecule has 2 aromatic heterocycles. The van der Waals surface area contributed by atoms with Crippen LogP contribution in [0.15, 0.2) is 47.1 Å². The smallest absolute Gasteiger partial charge is 0.252 e. The van der Waals surface area contributed by atoms with E-state index >= 15 is 0 Å². The van der Waals surface area contributed by atoms with Gasteiger partial charge in [0.05, 0.1) is 24.8 Å². The zero-order valence-electron chi connectivity index (χ0n) is 21.5. The van der Waals surface area contributed by atoms with E-state index in [1.165, 1.54) is 0 Å². The van der Waals surface area contributed by atoms with Gasteiger partial charge in [0.1, 0.15) is 29.6 Å². The minimum atomic E-state index is -1.37. The van der Waals surface area contributed by atoms with E-state index in [1.807, 2.05) is 74.9 Å². The Morgan fingerprint density at radius 3 is 2.64 bits per heavy atom. The molecule has 4 rings (SSSR count). The third-order valence-corrected chi connectivity index (χ3v) is 6.40. The molecule has 0 aliphatic carbocycles. The van der Waals surface area contributed by atoms with Crippen LogP contribution in [-0.4, -0.2) is 57.5 Å². The van der Waals surface area contributed by atoms with Gasteiger partial charge >= 0.3 is 0 Å². The second-order valence-corrected chi connectivity index (χ2v) is 10.5. The summed E-state index contributed by atoms with van der Waals surface area (Å²) in [7, 11) is 0. The maximum Gasteiger partial charge on any atom is 0.252 e. The van der Waals surface area contributed by atoms with Gasteiger partial charge in [-0.3, -0.25) is 4.79 Å². The summed E-state index contributed by atoms with van der Waals surface area (Å²) in [5.74, 6) is 1.13. The predicted molar refractivity (Wildman–Crippen MR) is 135 cm³/mol. The number of amides is 1. The van der Waals surface area contributed by atoms with E-state index in [2.05, 4.69) is 5.16 Å². The highest BCUT2D eigenvalue weighted by Gasteiger charge is 2.42. The highest BCUT2D eigenvalue weighted by molar-refractivity contribution is 5.81. The summed E-state index contributed by atoms with van der Waals surface area (Å²) in [6.45, 7) is 8.56. The number of rotatable bonds is 9. The molecule has 36 heavy (non-hydrogen) atoms. The number of aromatic nitrogens is 3. The number of aryl methyl sites for hydroxylation is 1. The summed E-state index contributed by atoms with van der Waals surface area (Å²) in [6, 6.07) is 11.2. The molecule has 1 amide bonds. The molecule has 1 aromatic carbocycles. The molecular weight excluding hydrogens is 461 g/mol. The predicted octanol–water partition coefficient (Wildman–Crippen LogP) is 4.29. The molecule has 0 radical (unpaired) electrons. The van der Waals surface area contributed by atoms with E-state index in [4.69, 9.17) is 20.0 Å². The molecule has 0 unspecified atom stereocenters. The number of benzene rings is 1. The fourth-order valence-corrected chi connectivity index (χ4v) is 4.75. The molecule has 3 aromatic rings. The Hall–Kier alpha value is -3.04. The largest absolute Gasteiger partial charge is 0.368 e. The second kappa shape index (κ2) is 10.9. The minimum Gasteiger partial charge on any atom is -0.368 e. The number of alkyl halides is 1. The number of hydrogen-bond acceptors (Lipinski definition) is 6. The van der Waals surface area contributed by atoms with Crippen LogP contribution in [0.4, 0.5) is 4.39 Å². The lowest BCUT2D eigenvalue weighted by Crippen LogP contribution is -2.49. The van der Waals surface area contributed by atoms with E-state index in [1.54, 1.807) is 4.90 Å². The van der Waals surface area contributed by atoms with Crippen molar-refractivity contribution in [3.8, 4) is 11.3 Å². The molecule has 194 valence electrons. The molecule has 1 fully saturated rings. The van der Waals surface area contributed by atoms with E-state index < -0.39 is 23.7 Å². The van der Waals surface area contributed by atoms with Gasteiger partial charge in [-0.25, -0.2) is 9.37 Å². The zero-order chi connectivity index (χ0) is 25.9. The topological polar surface area (TPSA) is 99.4 Å². The van der Waals surface area contributed by atoms with Gasteiger partial charge in [-0.2, -0.15) is 0 Å². The normalized spacial score (nSPS) is 17.8. The molecule has 0 spiro atoms. The van der Waals surface area contributed by atoms with Crippen LogP contribution in [0.25, 0.3) is 11.3 Å². The standard InChI is InChI=1S/C27H36FN5O3/c1-18-13-21(31-36-18)16-32-17-22(19-9-6-5-7-10-19)30-25(32)24(27(2,3)4)33(15-20(28)14-29)26(34)23-11-8-12-35-23/h5-7,9-10,13,17,20,23-24H,8,11-12,14-16,29H2,1-4H3/t20-,23-,24-/m0/s1. The zero-order valence-corrected chi connectivity index (χ0v) is 21.5. The Morgan fingerprint density at radius 1 is 1.31 bits per heavy atom. The summed E-state index contributed by atoms with van der Waals surface area (Å²) in [4.78, 5) is 20.4. The molecule has 2 N–H and O–H groups in total. The lowest BCUT2D eigenvalue weighted by atomic mass is 9.84. The fraction of sp³-hybridized carbons (Fsp3) is 0.519. The van der Waals surface area contributed by atoms with Crippen molar-refractivity contribution in [3.05, 3.63) is 59.9 Å². The molecule has 0 saturated carbocycles. The first-order valence-corrected chi connectivity index (χ1v) is 12.5. The number of carbonyl (C=O) groups excluding carboxylic acids is 1. The van der Waals surface area contributed by atoms with Gasteiger partial charge in [0, 0.05) is 31.0 Å². The lowest BCUT2D eigenvalue weighted by molar-refractivity contribution is -0.147. The van der Waals surface area contributed by atoms with Crippen molar-refractivity contribution in [1.29, 1.82) is 0 Å². The van der Waals surface area contributed by atoms with Crippen molar-refractivity contribution < 1.29 is 18.4 Å². The summed E-state index contributed by atoms with van der Waals surface area (Å²) in [6.07, 6.45) is 1.43. The van der Waals surface area contributed by atoms with Crippen LogP contribution < -0.4 is 5.73 Å². The van der Waals surface area contributed by atoms with Crippen LogP contribution in [0.3, 0.4) is 0 Å². The molecule has 1 saturated heterocycles. The number of nitrogens with zero attached hydrogens (tertiary/aromatic N) is 4. The first-order chi connectivity index (χ1) is 17.2. The van der Waals surface area contributed by atoms with E-state index in [0.717, 1.165) is 23.4 Å². The lowest BCUT2D eigenvalue weighted by Gasteiger charge is -2.41. The summed E-state index contributed by atoms with van der Waals surface area (Å²) in [5.41, 5.74) is 7.63. The third-order valence-electron chi connectivity index (χ3n) is 6.40. The van der Waals surface area contributed by atoms with Crippen LogP contribution in [0.2, 0.25) is 0 Å². The van der Waals surface area contributed by atoms with Crippen molar-refractivity contribution >= 4 is 5.91 Å². The first-order valence-electron chi connectivity index (χ1n) is 12.5. The molecule has 3 atom stereocenters. The number of carbonyl (C=O) groups is 1. The Kier molecular flexibility index (Phi) is 7.90. The third kappa shape index (κ3) is 5.84. The summed E-state index contributed by atoms with van der Waals surface area (Å²) < 4.78 is 27.8. The van der Waals surface area contributed by atoms with Crippen LogP contribution in [0, 0.1) is 12.3 Å². The Morgan fingerprint density at radius 2 is 2.06 bits per heavy atom. The molecular formula is C27H36FN5O3. The summed E-state index contributed by atoms with van der Waals surface area (Å²) >= 11 is 0. The second-order valence-electron chi connectivity index (χ2n) is 10.5. The van der Waals surface area contributed by atoms with Crippen LogP contribution in [0.5, 0.6) is 0 Å². The highest BCUT2D eigenvalue weighted by Crippen LogP contribution is 2.40. The van der Waals surface area contributed by atoms with Gasteiger partial charge in [0.25, 0.3) is 5.91 Å². The maximum absolute atomic E-state index is 14.8. The molecule has 9 heteroatoms. The minimum absolute atomic E-state index is 0.131. The quantitative estimate of drug-likeness (QED) is 0.474. The van der Waals surface area contributed by atoms with Crippen molar-refractivity contribution in [2.75, 3.05) is 19.7 Å². The Bertz CT molecular complexity index is 1150. The average molecular weight is 498 g/mol. The number of ether oxygens (including phenoxy) is 1. The van der Waals surface area contributed by atoms with E-state index in [9.17, 15) is 9.18 Å². The molecule has 3 heterocycles. The maximum atomic E-state index is 14.8. The van der Waals surface area contributed by atoms with Gasteiger partial charge in [0.2, 0.25) is 0 Å². The van der Waals surface area contributed by atoms with Crippen LogP contribution in [0.1, 0.15) is 56.9 Å². The van der Waals surface area contributed by atoms with Gasteiger partial charge in [0.15, 0.2) is 0 Å². The van der Waals surface area contributed by atoms with Crippen LogP contribution >= 0.6 is 0 Å². The molecule has 0 bridgehead atoms. The number of imidazole rings is 1. The molecule has 8 nitrogen and oxygen atoms in total.